The molecule has 0 unspecified atom stereocenters. The van der Waals surface area contributed by atoms with Crippen LogP contribution in [0.2, 0.25) is 0 Å². The van der Waals surface area contributed by atoms with Crippen molar-refractivity contribution in [3.63, 3.8) is 0 Å². The molecular weight excluding hydrogens is 247 g/mol. The smallest absolute Gasteiger partial charge is 0.342 e. The normalized spacial score (nSPS) is 10.4. The van der Waals surface area contributed by atoms with Crippen molar-refractivity contribution in [2.75, 3.05) is 0 Å². The molecule has 1 aromatic carbocycles. The van der Waals surface area contributed by atoms with Gasteiger partial charge in [-0.25, -0.2) is 4.68 Å². The van der Waals surface area contributed by atoms with E-state index in [9.17, 15) is 4.39 Å². The van der Waals surface area contributed by atoms with Crippen molar-refractivity contribution in [3.8, 4) is 17.6 Å². The molecule has 19 heavy (non-hydrogen) atoms. The van der Waals surface area contributed by atoms with E-state index in [0.717, 1.165) is 5.69 Å². The predicted molar refractivity (Wildman–Crippen MR) is 65.6 cm³/mol. The molecular formula is C13H9FN4O. The van der Waals surface area contributed by atoms with Gasteiger partial charge in [0.25, 0.3) is 0 Å². The fraction of sp³-hybridized carbons (Fsp3) is 0. The van der Waals surface area contributed by atoms with Crippen molar-refractivity contribution in [1.29, 1.82) is 0 Å². The number of hydrogen-bond donors (Lipinski definition) is 0. The number of rotatable bonds is 3. The molecule has 3 rings (SSSR count). The van der Waals surface area contributed by atoms with Crippen LogP contribution in [-0.2, 0) is 0 Å². The van der Waals surface area contributed by atoms with Gasteiger partial charge in [0.15, 0.2) is 0 Å². The highest BCUT2D eigenvalue weighted by Gasteiger charge is 2.06. The first-order valence-electron chi connectivity index (χ1n) is 5.59. The summed E-state index contributed by atoms with van der Waals surface area (Å²) < 4.78 is 19.7. The Morgan fingerprint density at radius 3 is 2.63 bits per heavy atom. The lowest BCUT2D eigenvalue weighted by Gasteiger charge is -1.99. The number of hydrogen-bond acceptors (Lipinski definition) is 4. The first-order chi connectivity index (χ1) is 9.31. The van der Waals surface area contributed by atoms with Gasteiger partial charge in [-0.3, -0.25) is 0 Å². The van der Waals surface area contributed by atoms with E-state index in [1.165, 1.54) is 24.5 Å². The van der Waals surface area contributed by atoms with E-state index < -0.39 is 5.95 Å². The monoisotopic (exact) mass is 256 g/mol. The van der Waals surface area contributed by atoms with Crippen LogP contribution in [0.3, 0.4) is 0 Å². The molecule has 0 radical (unpaired) electrons. The molecule has 0 aliphatic carbocycles. The molecule has 2 aromatic heterocycles. The van der Waals surface area contributed by atoms with Crippen molar-refractivity contribution in [1.82, 2.24) is 19.7 Å². The average molecular weight is 256 g/mol. The standard InChI is InChI=1S/C13H9FN4O/c14-11-7-4-8-12(16-11)19-13-15-9-18(17-13)10-5-2-1-3-6-10/h1-9H. The first-order valence-corrected chi connectivity index (χ1v) is 5.59. The molecule has 2 heterocycles. The summed E-state index contributed by atoms with van der Waals surface area (Å²) in [5.74, 6) is -0.495. The molecule has 0 bridgehead atoms. The van der Waals surface area contributed by atoms with Crippen LogP contribution in [0, 0.1) is 5.95 Å². The molecule has 94 valence electrons. The average Bonchev–Trinajstić information content (AvgIpc) is 2.88. The van der Waals surface area contributed by atoms with Crippen LogP contribution in [0.25, 0.3) is 5.69 Å². The largest absolute Gasteiger partial charge is 0.404 e. The minimum absolute atomic E-state index is 0.113. The molecule has 5 nitrogen and oxygen atoms in total. The highest BCUT2D eigenvalue weighted by atomic mass is 19.1. The lowest BCUT2D eigenvalue weighted by Crippen LogP contribution is -1.95. The number of pyridine rings is 1. The zero-order valence-corrected chi connectivity index (χ0v) is 9.77. The molecule has 0 atom stereocenters. The fourth-order valence-electron chi connectivity index (χ4n) is 1.54. The third-order valence-corrected chi connectivity index (χ3v) is 2.38. The summed E-state index contributed by atoms with van der Waals surface area (Å²) >= 11 is 0. The first kappa shape index (κ1) is 11.3. The van der Waals surface area contributed by atoms with Crippen molar-refractivity contribution >= 4 is 0 Å². The number of benzene rings is 1. The van der Waals surface area contributed by atoms with E-state index in [0.29, 0.717) is 0 Å². The summed E-state index contributed by atoms with van der Waals surface area (Å²) in [7, 11) is 0. The van der Waals surface area contributed by atoms with Crippen molar-refractivity contribution in [3.05, 3.63) is 60.8 Å². The van der Waals surface area contributed by atoms with E-state index in [2.05, 4.69) is 15.1 Å². The van der Waals surface area contributed by atoms with Gasteiger partial charge in [-0.05, 0) is 18.2 Å². The molecule has 6 heteroatoms. The Morgan fingerprint density at radius 1 is 1.00 bits per heavy atom. The van der Waals surface area contributed by atoms with Gasteiger partial charge in [0.2, 0.25) is 11.8 Å². The van der Waals surface area contributed by atoms with Gasteiger partial charge in [-0.15, -0.1) is 5.10 Å². The van der Waals surface area contributed by atoms with Gasteiger partial charge < -0.3 is 4.74 Å². The lowest BCUT2D eigenvalue weighted by atomic mass is 10.3. The maximum atomic E-state index is 12.9. The minimum atomic E-state index is -0.611. The number of nitrogens with zero attached hydrogens (tertiary/aromatic N) is 4. The second kappa shape index (κ2) is 4.85. The van der Waals surface area contributed by atoms with Gasteiger partial charge in [-0.1, -0.05) is 24.3 Å². The summed E-state index contributed by atoms with van der Waals surface area (Å²) in [5, 5.41) is 4.13. The Hall–Kier alpha value is -2.76. The molecule has 0 fully saturated rings. The maximum Gasteiger partial charge on any atom is 0.342 e. The van der Waals surface area contributed by atoms with Gasteiger partial charge in [0, 0.05) is 6.07 Å². The zero-order chi connectivity index (χ0) is 13.1. The van der Waals surface area contributed by atoms with E-state index in [1.807, 2.05) is 30.3 Å². The van der Waals surface area contributed by atoms with Crippen LogP contribution >= 0.6 is 0 Å². The summed E-state index contributed by atoms with van der Waals surface area (Å²) in [6.07, 6.45) is 1.52. The van der Waals surface area contributed by atoms with Gasteiger partial charge in [0.05, 0.1) is 5.69 Å². The predicted octanol–water partition coefficient (Wildman–Crippen LogP) is 2.59. The van der Waals surface area contributed by atoms with Crippen LogP contribution in [0.5, 0.6) is 11.9 Å². The summed E-state index contributed by atoms with van der Waals surface area (Å²) in [6, 6.07) is 13.9. The Bertz CT molecular complexity index is 684. The van der Waals surface area contributed by atoms with E-state index in [-0.39, 0.29) is 11.9 Å². The Labute approximate surface area is 108 Å². The van der Waals surface area contributed by atoms with Gasteiger partial charge in [-0.2, -0.15) is 14.4 Å². The second-order valence-electron chi connectivity index (χ2n) is 3.71. The van der Waals surface area contributed by atoms with E-state index in [4.69, 9.17) is 4.74 Å². The van der Waals surface area contributed by atoms with Crippen LogP contribution in [0.15, 0.2) is 54.9 Å². The molecule has 0 N–H and O–H groups in total. The lowest BCUT2D eigenvalue weighted by molar-refractivity contribution is 0.413. The van der Waals surface area contributed by atoms with Crippen molar-refractivity contribution < 1.29 is 9.13 Å². The number of halogens is 1. The third kappa shape index (κ3) is 2.57. The second-order valence-corrected chi connectivity index (χ2v) is 3.71. The Kier molecular flexibility index (Phi) is 2.89. The topological polar surface area (TPSA) is 52.8 Å². The summed E-state index contributed by atoms with van der Waals surface area (Å²) in [4.78, 5) is 7.56. The Morgan fingerprint density at radius 2 is 1.84 bits per heavy atom. The van der Waals surface area contributed by atoms with Crippen LogP contribution in [0.4, 0.5) is 4.39 Å². The van der Waals surface area contributed by atoms with Crippen LogP contribution < -0.4 is 4.74 Å². The SMILES string of the molecule is Fc1cccc(Oc2ncn(-c3ccccc3)n2)n1. The van der Waals surface area contributed by atoms with Gasteiger partial charge >= 0.3 is 6.01 Å². The van der Waals surface area contributed by atoms with Gasteiger partial charge in [0.1, 0.15) is 6.33 Å². The molecule has 3 aromatic rings. The van der Waals surface area contributed by atoms with Crippen molar-refractivity contribution in [2.24, 2.45) is 0 Å². The fourth-order valence-corrected chi connectivity index (χ4v) is 1.54. The van der Waals surface area contributed by atoms with Crippen molar-refractivity contribution in [2.45, 2.75) is 0 Å². The van der Waals surface area contributed by atoms with E-state index >= 15 is 0 Å². The minimum Gasteiger partial charge on any atom is -0.404 e. The highest BCUT2D eigenvalue weighted by Crippen LogP contribution is 2.15. The molecule has 0 spiro atoms. The Balaban J connectivity index is 1.82. The number of ether oxygens (including phenoxy) is 1. The third-order valence-electron chi connectivity index (χ3n) is 2.38. The molecule has 0 saturated carbocycles. The van der Waals surface area contributed by atoms with Crippen LogP contribution in [-0.4, -0.2) is 19.7 Å². The number of para-hydroxylation sites is 1. The van der Waals surface area contributed by atoms with Crippen LogP contribution in [0.1, 0.15) is 0 Å². The highest BCUT2D eigenvalue weighted by molar-refractivity contribution is 5.29. The quantitative estimate of drug-likeness (QED) is 0.676. The summed E-state index contributed by atoms with van der Waals surface area (Å²) in [6.45, 7) is 0. The van der Waals surface area contributed by atoms with E-state index in [1.54, 1.807) is 4.68 Å². The number of aromatic nitrogens is 4. The molecule has 0 aliphatic heterocycles. The maximum absolute atomic E-state index is 12.9. The molecule has 0 saturated heterocycles. The molecule has 0 amide bonds. The zero-order valence-electron chi connectivity index (χ0n) is 9.77. The summed E-state index contributed by atoms with van der Waals surface area (Å²) in [5.41, 5.74) is 0.858. The molecule has 0 aliphatic rings.